The molecule has 0 radical (unpaired) electrons. The van der Waals surface area contributed by atoms with Gasteiger partial charge in [0.25, 0.3) is 11.8 Å². The van der Waals surface area contributed by atoms with Gasteiger partial charge in [0.2, 0.25) is 0 Å². The molecule has 5 rings (SSSR count). The van der Waals surface area contributed by atoms with E-state index in [1.807, 2.05) is 59.6 Å². The van der Waals surface area contributed by atoms with E-state index >= 15 is 0 Å². The van der Waals surface area contributed by atoms with E-state index in [1.54, 1.807) is 12.3 Å². The number of hydrogen-bond acceptors (Lipinski definition) is 4. The van der Waals surface area contributed by atoms with Crippen molar-refractivity contribution in [2.24, 2.45) is 0 Å². The number of hydrogen-bond donors (Lipinski definition) is 2. The van der Waals surface area contributed by atoms with Crippen LogP contribution in [-0.4, -0.2) is 64.3 Å². The number of aromatic amines is 1. The van der Waals surface area contributed by atoms with E-state index in [1.165, 1.54) is 10.9 Å². The van der Waals surface area contributed by atoms with Gasteiger partial charge in [0, 0.05) is 68.1 Å². The third-order valence-electron chi connectivity index (χ3n) is 6.49. The highest BCUT2D eigenvalue weighted by molar-refractivity contribution is 5.94. The first-order valence-corrected chi connectivity index (χ1v) is 12.0. The number of H-pyrrole nitrogens is 1. The molecule has 0 atom stereocenters. The molecular formula is C28H29N5O2. The van der Waals surface area contributed by atoms with Gasteiger partial charge in [0.05, 0.1) is 0 Å². The van der Waals surface area contributed by atoms with Gasteiger partial charge < -0.3 is 15.2 Å². The van der Waals surface area contributed by atoms with Crippen molar-refractivity contribution in [3.63, 3.8) is 0 Å². The van der Waals surface area contributed by atoms with E-state index in [2.05, 4.69) is 32.3 Å². The Balaban J connectivity index is 1.11. The molecule has 7 nitrogen and oxygen atoms in total. The summed E-state index contributed by atoms with van der Waals surface area (Å²) in [5.74, 6) is -0.0750. The van der Waals surface area contributed by atoms with Gasteiger partial charge in [-0.25, -0.2) is 0 Å². The first-order valence-electron chi connectivity index (χ1n) is 12.0. The summed E-state index contributed by atoms with van der Waals surface area (Å²) < 4.78 is 0. The summed E-state index contributed by atoms with van der Waals surface area (Å²) in [6, 6.07) is 21.4. The highest BCUT2D eigenvalue weighted by atomic mass is 16.2. The van der Waals surface area contributed by atoms with Crippen LogP contribution in [-0.2, 0) is 13.0 Å². The molecular weight excluding hydrogens is 438 g/mol. The highest BCUT2D eigenvalue weighted by Crippen LogP contribution is 2.18. The maximum Gasteiger partial charge on any atom is 0.272 e. The van der Waals surface area contributed by atoms with E-state index in [0.717, 1.165) is 37.1 Å². The Hall–Kier alpha value is -3.97. The monoisotopic (exact) mass is 467 g/mol. The maximum atomic E-state index is 12.8. The van der Waals surface area contributed by atoms with Crippen LogP contribution in [0.1, 0.15) is 32.0 Å². The second kappa shape index (κ2) is 10.5. The van der Waals surface area contributed by atoms with Gasteiger partial charge in [0.15, 0.2) is 0 Å². The Bertz CT molecular complexity index is 1310. The number of benzene rings is 2. The van der Waals surface area contributed by atoms with Gasteiger partial charge in [0.1, 0.15) is 5.69 Å². The Labute approximate surface area is 204 Å². The predicted octanol–water partition coefficient (Wildman–Crippen LogP) is 3.49. The number of amides is 2. The minimum absolute atomic E-state index is 0.0171. The molecule has 178 valence electrons. The zero-order valence-corrected chi connectivity index (χ0v) is 19.6. The number of aromatic nitrogens is 2. The van der Waals surface area contributed by atoms with Crippen LogP contribution >= 0.6 is 0 Å². The third kappa shape index (κ3) is 5.41. The maximum absolute atomic E-state index is 12.8. The average Bonchev–Trinajstić information content (AvgIpc) is 3.32. The molecule has 3 heterocycles. The number of carbonyl (C=O) groups excluding carboxylic acids is 2. The number of nitrogens with zero attached hydrogens (tertiary/aromatic N) is 3. The second-order valence-corrected chi connectivity index (χ2v) is 8.85. The number of para-hydroxylation sites is 1. The average molecular weight is 468 g/mol. The van der Waals surface area contributed by atoms with Crippen LogP contribution in [0.25, 0.3) is 10.9 Å². The standard InChI is InChI=1S/C28H29N5O2/c34-27(30-13-11-23-19-31-25-9-2-1-8-24(23)25)22-7-5-6-21(18-22)20-32-14-16-33(17-15-32)28(35)26-10-3-4-12-29-26/h1-10,12,18-19,31H,11,13-17,20H2,(H,30,34). The normalized spacial score (nSPS) is 14.2. The summed E-state index contributed by atoms with van der Waals surface area (Å²) in [4.78, 5) is 37.0. The molecule has 1 saturated heterocycles. The number of carbonyl (C=O) groups is 2. The van der Waals surface area contributed by atoms with E-state index in [9.17, 15) is 9.59 Å². The third-order valence-corrected chi connectivity index (χ3v) is 6.49. The summed E-state index contributed by atoms with van der Waals surface area (Å²) in [6.45, 7) is 4.26. The minimum Gasteiger partial charge on any atom is -0.361 e. The fourth-order valence-corrected chi connectivity index (χ4v) is 4.58. The summed E-state index contributed by atoms with van der Waals surface area (Å²) in [7, 11) is 0. The molecule has 0 unspecified atom stereocenters. The molecule has 1 aliphatic heterocycles. The lowest BCUT2D eigenvalue weighted by atomic mass is 10.1. The van der Waals surface area contributed by atoms with Crippen molar-refractivity contribution in [2.75, 3.05) is 32.7 Å². The zero-order chi connectivity index (χ0) is 24.0. The van der Waals surface area contributed by atoms with Crippen molar-refractivity contribution in [3.05, 3.63) is 102 Å². The van der Waals surface area contributed by atoms with Crippen LogP contribution < -0.4 is 5.32 Å². The zero-order valence-electron chi connectivity index (χ0n) is 19.6. The van der Waals surface area contributed by atoms with E-state index in [0.29, 0.717) is 30.9 Å². The molecule has 0 saturated carbocycles. The van der Waals surface area contributed by atoms with Crippen LogP contribution in [0.15, 0.2) is 79.1 Å². The van der Waals surface area contributed by atoms with Crippen LogP contribution in [0.2, 0.25) is 0 Å². The fourth-order valence-electron chi connectivity index (χ4n) is 4.58. The molecule has 7 heteroatoms. The molecule has 2 amide bonds. The lowest BCUT2D eigenvalue weighted by molar-refractivity contribution is 0.0622. The lowest BCUT2D eigenvalue weighted by Crippen LogP contribution is -2.48. The largest absolute Gasteiger partial charge is 0.361 e. The van der Waals surface area contributed by atoms with Crippen molar-refractivity contribution >= 4 is 22.7 Å². The van der Waals surface area contributed by atoms with Crippen LogP contribution in [0.4, 0.5) is 0 Å². The lowest BCUT2D eigenvalue weighted by Gasteiger charge is -2.34. The Morgan fingerprint density at radius 3 is 2.60 bits per heavy atom. The molecule has 0 aliphatic carbocycles. The minimum atomic E-state index is -0.0579. The number of nitrogens with one attached hydrogen (secondary N) is 2. The van der Waals surface area contributed by atoms with Gasteiger partial charge >= 0.3 is 0 Å². The number of fused-ring (bicyclic) bond motifs is 1. The first-order chi connectivity index (χ1) is 17.2. The Morgan fingerprint density at radius 1 is 0.943 bits per heavy atom. The summed E-state index contributed by atoms with van der Waals surface area (Å²) >= 11 is 0. The first kappa shape index (κ1) is 22.8. The van der Waals surface area contributed by atoms with Gasteiger partial charge in [-0.1, -0.05) is 36.4 Å². The number of rotatable bonds is 7. The molecule has 1 fully saturated rings. The van der Waals surface area contributed by atoms with Crippen molar-refractivity contribution in [1.29, 1.82) is 0 Å². The molecule has 0 spiro atoms. The van der Waals surface area contributed by atoms with Crippen molar-refractivity contribution in [2.45, 2.75) is 13.0 Å². The molecule has 2 aromatic heterocycles. The highest BCUT2D eigenvalue weighted by Gasteiger charge is 2.23. The fraction of sp³-hybridized carbons (Fsp3) is 0.250. The van der Waals surface area contributed by atoms with Gasteiger partial charge in [-0.15, -0.1) is 0 Å². The van der Waals surface area contributed by atoms with Gasteiger partial charge in [-0.3, -0.25) is 19.5 Å². The second-order valence-electron chi connectivity index (χ2n) is 8.85. The number of pyridine rings is 1. The van der Waals surface area contributed by atoms with Gasteiger partial charge in [-0.2, -0.15) is 0 Å². The molecule has 0 bridgehead atoms. The van der Waals surface area contributed by atoms with Crippen molar-refractivity contribution in [3.8, 4) is 0 Å². The topological polar surface area (TPSA) is 81.3 Å². The smallest absolute Gasteiger partial charge is 0.272 e. The SMILES string of the molecule is O=C(NCCc1c[nH]c2ccccc12)c1cccc(CN2CCN(C(=O)c3ccccn3)CC2)c1. The molecule has 4 aromatic rings. The van der Waals surface area contributed by atoms with Crippen molar-refractivity contribution in [1.82, 2.24) is 25.1 Å². The Kier molecular flexibility index (Phi) is 6.86. The Morgan fingerprint density at radius 2 is 1.77 bits per heavy atom. The predicted molar refractivity (Wildman–Crippen MR) is 136 cm³/mol. The summed E-state index contributed by atoms with van der Waals surface area (Å²) in [5, 5.41) is 4.25. The summed E-state index contributed by atoms with van der Waals surface area (Å²) in [6.07, 6.45) is 4.44. The molecule has 2 aromatic carbocycles. The van der Waals surface area contributed by atoms with E-state index in [-0.39, 0.29) is 11.8 Å². The summed E-state index contributed by atoms with van der Waals surface area (Å²) in [5.41, 5.74) is 4.58. The van der Waals surface area contributed by atoms with Crippen LogP contribution in [0, 0.1) is 0 Å². The number of piperazine rings is 1. The van der Waals surface area contributed by atoms with Crippen molar-refractivity contribution < 1.29 is 9.59 Å². The molecule has 1 aliphatic rings. The van der Waals surface area contributed by atoms with Crippen LogP contribution in [0.3, 0.4) is 0 Å². The van der Waals surface area contributed by atoms with Crippen LogP contribution in [0.5, 0.6) is 0 Å². The quantitative estimate of drug-likeness (QED) is 0.436. The van der Waals surface area contributed by atoms with E-state index < -0.39 is 0 Å². The molecule has 35 heavy (non-hydrogen) atoms. The molecule has 2 N–H and O–H groups in total. The van der Waals surface area contributed by atoms with E-state index in [4.69, 9.17) is 0 Å². The van der Waals surface area contributed by atoms with Gasteiger partial charge in [-0.05, 0) is 47.9 Å².